The Morgan fingerprint density at radius 3 is 3.14 bits per heavy atom. The molecule has 0 bridgehead atoms. The first-order valence-electron chi connectivity index (χ1n) is 7.36. The molecule has 0 saturated heterocycles. The minimum absolute atomic E-state index is 0.866. The van der Waals surface area contributed by atoms with E-state index in [0.717, 1.165) is 42.4 Å². The van der Waals surface area contributed by atoms with E-state index in [1.54, 1.807) is 11.8 Å². The van der Waals surface area contributed by atoms with Crippen LogP contribution >= 0.6 is 11.8 Å². The molecule has 0 unspecified atom stereocenters. The standard InChI is InChI=1S/C16H17N5S/c1-22-16-17-9-12-10-20(7-5-15(12)18-16)11-13-8-14-4-2-3-6-21(14)19-13/h2-4,6,8-9H,5,7,10-11H2,1H3. The Balaban J connectivity index is 1.52. The number of thioether (sulfide) groups is 1. The summed E-state index contributed by atoms with van der Waals surface area (Å²) in [6.45, 7) is 2.79. The highest BCUT2D eigenvalue weighted by Gasteiger charge is 2.19. The number of hydrogen-bond donors (Lipinski definition) is 0. The van der Waals surface area contributed by atoms with Gasteiger partial charge >= 0.3 is 0 Å². The van der Waals surface area contributed by atoms with E-state index in [2.05, 4.69) is 32.1 Å². The molecule has 4 heterocycles. The lowest BCUT2D eigenvalue weighted by molar-refractivity contribution is 0.239. The largest absolute Gasteiger partial charge is 0.293 e. The molecule has 4 rings (SSSR count). The second-order valence-corrected chi connectivity index (χ2v) is 6.27. The zero-order valence-electron chi connectivity index (χ0n) is 12.4. The molecule has 3 aromatic rings. The van der Waals surface area contributed by atoms with Gasteiger partial charge in [0.05, 0.1) is 16.9 Å². The van der Waals surface area contributed by atoms with Gasteiger partial charge in [-0.05, 0) is 24.5 Å². The van der Waals surface area contributed by atoms with Crippen molar-refractivity contribution in [1.82, 2.24) is 24.5 Å². The van der Waals surface area contributed by atoms with Gasteiger partial charge in [-0.1, -0.05) is 17.8 Å². The molecular formula is C16H17N5S. The van der Waals surface area contributed by atoms with E-state index in [4.69, 9.17) is 0 Å². The summed E-state index contributed by atoms with van der Waals surface area (Å²) in [6, 6.07) is 8.28. The van der Waals surface area contributed by atoms with Crippen LogP contribution in [0.3, 0.4) is 0 Å². The van der Waals surface area contributed by atoms with Crippen molar-refractivity contribution in [1.29, 1.82) is 0 Å². The van der Waals surface area contributed by atoms with Crippen LogP contribution in [0.25, 0.3) is 5.52 Å². The van der Waals surface area contributed by atoms with Crippen LogP contribution in [-0.4, -0.2) is 37.3 Å². The molecule has 1 aliphatic rings. The quantitative estimate of drug-likeness (QED) is 0.549. The summed E-state index contributed by atoms with van der Waals surface area (Å²) in [6.07, 6.45) is 6.96. The maximum absolute atomic E-state index is 4.63. The maximum atomic E-state index is 4.63. The monoisotopic (exact) mass is 311 g/mol. The fourth-order valence-electron chi connectivity index (χ4n) is 2.89. The lowest BCUT2D eigenvalue weighted by Crippen LogP contribution is -2.31. The highest BCUT2D eigenvalue weighted by molar-refractivity contribution is 7.98. The highest BCUT2D eigenvalue weighted by atomic mass is 32.2. The molecule has 0 fully saturated rings. The average Bonchev–Trinajstić information content (AvgIpc) is 2.96. The van der Waals surface area contributed by atoms with Gasteiger partial charge in [-0.2, -0.15) is 5.10 Å². The lowest BCUT2D eigenvalue weighted by Gasteiger charge is -2.27. The highest BCUT2D eigenvalue weighted by Crippen LogP contribution is 2.20. The predicted octanol–water partition coefficient (Wildman–Crippen LogP) is 2.40. The number of aromatic nitrogens is 4. The van der Waals surface area contributed by atoms with Crippen LogP contribution < -0.4 is 0 Å². The number of pyridine rings is 1. The van der Waals surface area contributed by atoms with Crippen molar-refractivity contribution in [2.45, 2.75) is 24.7 Å². The van der Waals surface area contributed by atoms with Gasteiger partial charge in [0.15, 0.2) is 5.16 Å². The Hall–Kier alpha value is -1.92. The normalized spacial score (nSPS) is 15.1. The van der Waals surface area contributed by atoms with E-state index in [-0.39, 0.29) is 0 Å². The Kier molecular flexibility index (Phi) is 3.56. The molecule has 22 heavy (non-hydrogen) atoms. The SMILES string of the molecule is CSc1ncc2c(n1)CCN(Cc1cc3ccccn3n1)C2. The van der Waals surface area contributed by atoms with Crippen LogP contribution in [0, 0.1) is 0 Å². The van der Waals surface area contributed by atoms with Crippen molar-refractivity contribution in [2.24, 2.45) is 0 Å². The first kappa shape index (κ1) is 13.7. The Morgan fingerprint density at radius 1 is 1.32 bits per heavy atom. The van der Waals surface area contributed by atoms with Gasteiger partial charge in [0.1, 0.15) is 0 Å². The van der Waals surface area contributed by atoms with Crippen molar-refractivity contribution in [3.8, 4) is 0 Å². The molecule has 1 aliphatic heterocycles. The van der Waals surface area contributed by atoms with E-state index in [1.807, 2.05) is 35.3 Å². The van der Waals surface area contributed by atoms with Crippen molar-refractivity contribution >= 4 is 17.3 Å². The van der Waals surface area contributed by atoms with Crippen LogP contribution in [0.1, 0.15) is 17.0 Å². The first-order chi connectivity index (χ1) is 10.8. The van der Waals surface area contributed by atoms with Gasteiger partial charge in [0.25, 0.3) is 0 Å². The number of hydrogen-bond acceptors (Lipinski definition) is 5. The average molecular weight is 311 g/mol. The molecule has 0 aliphatic carbocycles. The summed E-state index contributed by atoms with van der Waals surface area (Å²) in [5, 5.41) is 5.50. The third-order valence-electron chi connectivity index (χ3n) is 3.98. The van der Waals surface area contributed by atoms with Gasteiger partial charge in [-0.25, -0.2) is 14.5 Å². The summed E-state index contributed by atoms with van der Waals surface area (Å²) in [7, 11) is 0. The van der Waals surface area contributed by atoms with Crippen molar-refractivity contribution in [2.75, 3.05) is 12.8 Å². The van der Waals surface area contributed by atoms with Crippen molar-refractivity contribution in [3.05, 3.63) is 53.6 Å². The zero-order chi connectivity index (χ0) is 14.9. The molecule has 0 aromatic carbocycles. The lowest BCUT2D eigenvalue weighted by atomic mass is 10.1. The van der Waals surface area contributed by atoms with E-state index in [0.29, 0.717) is 0 Å². The molecule has 5 nitrogen and oxygen atoms in total. The maximum Gasteiger partial charge on any atom is 0.187 e. The van der Waals surface area contributed by atoms with Crippen molar-refractivity contribution in [3.63, 3.8) is 0 Å². The Labute approximate surface area is 133 Å². The minimum atomic E-state index is 0.866. The molecular weight excluding hydrogens is 294 g/mol. The molecule has 0 N–H and O–H groups in total. The van der Waals surface area contributed by atoms with Crippen LogP contribution in [0.15, 0.2) is 41.8 Å². The topological polar surface area (TPSA) is 46.3 Å². The minimum Gasteiger partial charge on any atom is -0.293 e. The summed E-state index contributed by atoms with van der Waals surface area (Å²) in [5.41, 5.74) is 4.69. The van der Waals surface area contributed by atoms with E-state index < -0.39 is 0 Å². The zero-order valence-corrected chi connectivity index (χ0v) is 13.3. The van der Waals surface area contributed by atoms with Crippen LogP contribution in [-0.2, 0) is 19.5 Å². The molecule has 0 amide bonds. The number of rotatable bonds is 3. The van der Waals surface area contributed by atoms with E-state index in [9.17, 15) is 0 Å². The van der Waals surface area contributed by atoms with Crippen LogP contribution in [0.5, 0.6) is 0 Å². The molecule has 0 radical (unpaired) electrons. The smallest absolute Gasteiger partial charge is 0.187 e. The first-order valence-corrected chi connectivity index (χ1v) is 8.59. The van der Waals surface area contributed by atoms with Gasteiger partial charge in [0, 0.05) is 44.0 Å². The third kappa shape index (κ3) is 2.60. The van der Waals surface area contributed by atoms with Gasteiger partial charge in [-0.15, -0.1) is 0 Å². The second-order valence-electron chi connectivity index (χ2n) is 5.50. The number of nitrogens with zero attached hydrogens (tertiary/aromatic N) is 5. The van der Waals surface area contributed by atoms with Gasteiger partial charge in [0.2, 0.25) is 0 Å². The van der Waals surface area contributed by atoms with E-state index >= 15 is 0 Å². The van der Waals surface area contributed by atoms with Crippen LogP contribution in [0.2, 0.25) is 0 Å². The van der Waals surface area contributed by atoms with Gasteiger partial charge in [-0.3, -0.25) is 4.90 Å². The molecule has 0 saturated carbocycles. The fourth-order valence-corrected chi connectivity index (χ4v) is 3.25. The Bertz CT molecular complexity index is 780. The molecule has 112 valence electrons. The summed E-state index contributed by atoms with van der Waals surface area (Å²) in [5.74, 6) is 0. The fraction of sp³-hybridized carbons (Fsp3) is 0.312. The van der Waals surface area contributed by atoms with E-state index in [1.165, 1.54) is 11.3 Å². The summed E-state index contributed by atoms with van der Waals surface area (Å²) in [4.78, 5) is 11.4. The summed E-state index contributed by atoms with van der Waals surface area (Å²) >= 11 is 1.60. The summed E-state index contributed by atoms with van der Waals surface area (Å²) < 4.78 is 1.93. The molecule has 0 atom stereocenters. The second kappa shape index (κ2) is 5.70. The molecule has 3 aromatic heterocycles. The molecule has 6 heteroatoms. The predicted molar refractivity (Wildman–Crippen MR) is 86.8 cm³/mol. The molecule has 0 spiro atoms. The van der Waals surface area contributed by atoms with Crippen molar-refractivity contribution < 1.29 is 0 Å². The third-order valence-corrected chi connectivity index (χ3v) is 4.54. The van der Waals surface area contributed by atoms with Gasteiger partial charge < -0.3 is 0 Å². The number of fused-ring (bicyclic) bond motifs is 2. The Morgan fingerprint density at radius 2 is 2.27 bits per heavy atom. The van der Waals surface area contributed by atoms with Crippen LogP contribution in [0.4, 0.5) is 0 Å².